The van der Waals surface area contributed by atoms with Gasteiger partial charge in [0.15, 0.2) is 0 Å². The number of hydrogen-bond acceptors (Lipinski definition) is 4. The highest BCUT2D eigenvalue weighted by Crippen LogP contribution is 2.09. The summed E-state index contributed by atoms with van der Waals surface area (Å²) in [4.78, 5) is 0. The van der Waals surface area contributed by atoms with E-state index < -0.39 is 0 Å². The summed E-state index contributed by atoms with van der Waals surface area (Å²) < 4.78 is 5.07. The van der Waals surface area contributed by atoms with Crippen molar-refractivity contribution in [3.05, 3.63) is 0 Å². The van der Waals surface area contributed by atoms with Crippen LogP contribution in [-0.2, 0) is 4.74 Å². The van der Waals surface area contributed by atoms with Crippen molar-refractivity contribution < 1.29 is 14.9 Å². The van der Waals surface area contributed by atoms with Crippen molar-refractivity contribution in [1.82, 2.24) is 5.32 Å². The van der Waals surface area contributed by atoms with Gasteiger partial charge in [-0.05, 0) is 19.8 Å². The zero-order chi connectivity index (χ0) is 11.0. The predicted octanol–water partition coefficient (Wildman–Crippen LogP) is 0.134. The van der Waals surface area contributed by atoms with Gasteiger partial charge in [-0.25, -0.2) is 0 Å². The summed E-state index contributed by atoms with van der Waals surface area (Å²) in [5.41, 5.74) is -0.250. The number of aliphatic hydroxyl groups excluding tert-OH is 2. The summed E-state index contributed by atoms with van der Waals surface area (Å²) in [6.45, 7) is 5.11. The number of hydrogen-bond donors (Lipinski definition) is 3. The lowest BCUT2D eigenvalue weighted by Gasteiger charge is -2.30. The molecule has 4 nitrogen and oxygen atoms in total. The molecular weight excluding hydrogens is 182 g/mol. The summed E-state index contributed by atoms with van der Waals surface area (Å²) in [6, 6.07) is 0. The molecule has 0 amide bonds. The van der Waals surface area contributed by atoms with Crippen LogP contribution in [0.3, 0.4) is 0 Å². The lowest BCUT2D eigenvalue weighted by atomic mass is 9.99. The first-order valence-corrected chi connectivity index (χ1v) is 5.11. The molecule has 14 heavy (non-hydrogen) atoms. The van der Waals surface area contributed by atoms with E-state index in [9.17, 15) is 5.11 Å². The Bertz CT molecular complexity index is 135. The fourth-order valence-corrected chi connectivity index (χ4v) is 1.29. The van der Waals surface area contributed by atoms with Crippen LogP contribution in [0, 0.1) is 0 Å². The van der Waals surface area contributed by atoms with Gasteiger partial charge in [0.2, 0.25) is 0 Å². The summed E-state index contributed by atoms with van der Waals surface area (Å²) in [7, 11) is 1.63. The first-order valence-electron chi connectivity index (χ1n) is 5.11. The van der Waals surface area contributed by atoms with Crippen LogP contribution in [0.2, 0.25) is 0 Å². The SMILES string of the molecule is CCC(O)CNC(C)(CCO)COC. The highest BCUT2D eigenvalue weighted by Gasteiger charge is 2.23. The van der Waals surface area contributed by atoms with E-state index in [4.69, 9.17) is 9.84 Å². The Kier molecular flexibility index (Phi) is 7.09. The Morgan fingerprint density at radius 1 is 1.50 bits per heavy atom. The smallest absolute Gasteiger partial charge is 0.0662 e. The minimum absolute atomic E-state index is 0.120. The normalized spacial score (nSPS) is 17.8. The lowest BCUT2D eigenvalue weighted by Crippen LogP contribution is -2.49. The summed E-state index contributed by atoms with van der Waals surface area (Å²) in [5, 5.41) is 21.5. The van der Waals surface area contributed by atoms with Gasteiger partial charge in [-0.15, -0.1) is 0 Å². The average Bonchev–Trinajstić information content (AvgIpc) is 2.15. The Morgan fingerprint density at radius 3 is 2.57 bits per heavy atom. The number of aliphatic hydroxyl groups is 2. The molecule has 2 atom stereocenters. The largest absolute Gasteiger partial charge is 0.396 e. The van der Waals surface area contributed by atoms with Crippen LogP contribution in [-0.4, -0.2) is 48.7 Å². The Balaban J connectivity index is 3.94. The molecule has 0 heterocycles. The Labute approximate surface area is 86.3 Å². The second-order valence-corrected chi connectivity index (χ2v) is 3.91. The fourth-order valence-electron chi connectivity index (χ4n) is 1.29. The molecule has 0 saturated carbocycles. The summed E-state index contributed by atoms with van der Waals surface area (Å²) in [5.74, 6) is 0. The van der Waals surface area contributed by atoms with Gasteiger partial charge in [0.1, 0.15) is 0 Å². The monoisotopic (exact) mass is 205 g/mol. The third-order valence-electron chi connectivity index (χ3n) is 2.36. The van der Waals surface area contributed by atoms with E-state index >= 15 is 0 Å². The minimum atomic E-state index is -0.329. The fraction of sp³-hybridized carbons (Fsp3) is 1.00. The van der Waals surface area contributed by atoms with E-state index in [0.29, 0.717) is 19.6 Å². The van der Waals surface area contributed by atoms with Crippen molar-refractivity contribution >= 4 is 0 Å². The van der Waals surface area contributed by atoms with Crippen LogP contribution in [0.25, 0.3) is 0 Å². The van der Waals surface area contributed by atoms with Gasteiger partial charge in [0, 0.05) is 25.8 Å². The van der Waals surface area contributed by atoms with Crippen LogP contribution in [0.1, 0.15) is 26.7 Å². The predicted molar refractivity (Wildman–Crippen MR) is 56.3 cm³/mol. The molecule has 0 rings (SSSR count). The highest BCUT2D eigenvalue weighted by molar-refractivity contribution is 4.83. The topological polar surface area (TPSA) is 61.7 Å². The zero-order valence-electron chi connectivity index (χ0n) is 9.42. The van der Waals surface area contributed by atoms with Gasteiger partial charge in [-0.1, -0.05) is 6.92 Å². The molecule has 3 N–H and O–H groups in total. The molecule has 0 aliphatic heterocycles. The van der Waals surface area contributed by atoms with Gasteiger partial charge >= 0.3 is 0 Å². The molecule has 86 valence electrons. The van der Waals surface area contributed by atoms with Crippen molar-refractivity contribution in [2.75, 3.05) is 26.9 Å². The van der Waals surface area contributed by atoms with E-state index in [0.717, 1.165) is 6.42 Å². The molecule has 4 heteroatoms. The van der Waals surface area contributed by atoms with Crippen LogP contribution in [0.5, 0.6) is 0 Å². The maximum Gasteiger partial charge on any atom is 0.0662 e. The van der Waals surface area contributed by atoms with Crippen molar-refractivity contribution in [2.45, 2.75) is 38.3 Å². The Morgan fingerprint density at radius 2 is 2.14 bits per heavy atom. The molecule has 0 fully saturated rings. The molecule has 2 unspecified atom stereocenters. The van der Waals surface area contributed by atoms with E-state index in [2.05, 4.69) is 5.32 Å². The number of β-amino-alcohol motifs (C(OH)–C–C–N with tert-alkyl or cyclic N) is 1. The standard InChI is InChI=1S/C10H23NO3/c1-4-9(13)7-11-10(2,5-6-12)8-14-3/h9,11-13H,4-8H2,1-3H3. The second kappa shape index (κ2) is 7.17. The Hall–Kier alpha value is -0.160. The average molecular weight is 205 g/mol. The first-order chi connectivity index (χ1) is 6.58. The summed E-state index contributed by atoms with van der Waals surface area (Å²) >= 11 is 0. The summed E-state index contributed by atoms with van der Waals surface area (Å²) in [6.07, 6.45) is 1.02. The first kappa shape index (κ1) is 13.8. The van der Waals surface area contributed by atoms with Crippen LogP contribution in [0.4, 0.5) is 0 Å². The van der Waals surface area contributed by atoms with Crippen LogP contribution < -0.4 is 5.32 Å². The van der Waals surface area contributed by atoms with E-state index in [1.165, 1.54) is 0 Å². The molecule has 0 spiro atoms. The van der Waals surface area contributed by atoms with E-state index in [1.807, 2.05) is 13.8 Å². The zero-order valence-corrected chi connectivity index (χ0v) is 9.42. The van der Waals surface area contributed by atoms with Gasteiger partial charge < -0.3 is 20.3 Å². The maximum absolute atomic E-state index is 9.39. The number of methoxy groups -OCH3 is 1. The van der Waals surface area contributed by atoms with Crippen molar-refractivity contribution in [1.29, 1.82) is 0 Å². The quantitative estimate of drug-likeness (QED) is 0.527. The van der Waals surface area contributed by atoms with E-state index in [-0.39, 0.29) is 18.2 Å². The number of ether oxygens (including phenoxy) is 1. The molecule has 0 aromatic rings. The van der Waals surface area contributed by atoms with Crippen LogP contribution >= 0.6 is 0 Å². The molecule has 0 radical (unpaired) electrons. The third-order valence-corrected chi connectivity index (χ3v) is 2.36. The lowest BCUT2D eigenvalue weighted by molar-refractivity contribution is 0.0815. The second-order valence-electron chi connectivity index (χ2n) is 3.91. The molecule has 0 saturated heterocycles. The van der Waals surface area contributed by atoms with Crippen molar-refractivity contribution in [3.63, 3.8) is 0 Å². The molecule has 0 aromatic carbocycles. The third kappa shape index (κ3) is 5.54. The number of rotatable bonds is 8. The van der Waals surface area contributed by atoms with Crippen molar-refractivity contribution in [3.8, 4) is 0 Å². The minimum Gasteiger partial charge on any atom is -0.396 e. The molecule has 0 aliphatic carbocycles. The number of nitrogens with one attached hydrogen (secondary N) is 1. The highest BCUT2D eigenvalue weighted by atomic mass is 16.5. The molecule has 0 bridgehead atoms. The molecule has 0 aliphatic rings. The molecular formula is C10H23NO3. The van der Waals surface area contributed by atoms with Gasteiger partial charge in [-0.3, -0.25) is 0 Å². The van der Waals surface area contributed by atoms with Gasteiger partial charge in [0.25, 0.3) is 0 Å². The maximum atomic E-state index is 9.39. The molecule has 0 aromatic heterocycles. The van der Waals surface area contributed by atoms with Crippen LogP contribution in [0.15, 0.2) is 0 Å². The van der Waals surface area contributed by atoms with Gasteiger partial charge in [0.05, 0.1) is 12.7 Å². The van der Waals surface area contributed by atoms with E-state index in [1.54, 1.807) is 7.11 Å². The van der Waals surface area contributed by atoms with Gasteiger partial charge in [-0.2, -0.15) is 0 Å². The van der Waals surface area contributed by atoms with Crippen molar-refractivity contribution in [2.24, 2.45) is 0 Å².